The summed E-state index contributed by atoms with van der Waals surface area (Å²) in [5.74, 6) is 0.757. The number of hydrogen-bond acceptors (Lipinski definition) is 3. The van der Waals surface area contributed by atoms with Crippen LogP contribution in [0, 0.1) is 0 Å². The van der Waals surface area contributed by atoms with Crippen molar-refractivity contribution in [3.63, 3.8) is 0 Å². The van der Waals surface area contributed by atoms with Crippen LogP contribution in [0.1, 0.15) is 17.4 Å². The summed E-state index contributed by atoms with van der Waals surface area (Å²) in [4.78, 5) is 8.48. The second kappa shape index (κ2) is 5.05. The zero-order chi connectivity index (χ0) is 11.4. The Hall–Kier alpha value is -1.45. The summed E-state index contributed by atoms with van der Waals surface area (Å²) < 4.78 is 0. The van der Waals surface area contributed by atoms with Crippen LogP contribution in [0.15, 0.2) is 42.7 Å². The minimum absolute atomic E-state index is 0.00142. The van der Waals surface area contributed by atoms with E-state index in [1.165, 1.54) is 0 Å². The molecule has 4 heteroatoms. The van der Waals surface area contributed by atoms with E-state index < -0.39 is 0 Å². The third kappa shape index (κ3) is 2.38. The second-order valence-electron chi connectivity index (χ2n) is 3.38. The zero-order valence-electron chi connectivity index (χ0n) is 8.89. The van der Waals surface area contributed by atoms with Crippen molar-refractivity contribution in [2.45, 2.75) is 6.04 Å². The van der Waals surface area contributed by atoms with Gasteiger partial charge in [0.05, 0.1) is 6.04 Å². The van der Waals surface area contributed by atoms with E-state index in [0.717, 1.165) is 16.4 Å². The minimum Gasteiger partial charge on any atom is -0.307 e. The highest BCUT2D eigenvalue weighted by atomic mass is 35.5. The Morgan fingerprint density at radius 2 is 1.75 bits per heavy atom. The van der Waals surface area contributed by atoms with Gasteiger partial charge >= 0.3 is 0 Å². The maximum atomic E-state index is 5.85. The van der Waals surface area contributed by atoms with Crippen molar-refractivity contribution in [3.8, 4) is 0 Å². The summed E-state index contributed by atoms with van der Waals surface area (Å²) in [6.45, 7) is 0. The normalized spacial score (nSPS) is 12.4. The molecule has 2 rings (SSSR count). The number of rotatable bonds is 3. The van der Waals surface area contributed by atoms with E-state index in [4.69, 9.17) is 11.6 Å². The molecule has 1 aromatic heterocycles. The maximum absolute atomic E-state index is 5.85. The monoisotopic (exact) mass is 233 g/mol. The third-order valence-corrected chi connectivity index (χ3v) is 2.59. The van der Waals surface area contributed by atoms with E-state index >= 15 is 0 Å². The van der Waals surface area contributed by atoms with Crippen molar-refractivity contribution in [1.29, 1.82) is 0 Å². The molecule has 16 heavy (non-hydrogen) atoms. The smallest absolute Gasteiger partial charge is 0.149 e. The predicted molar refractivity (Wildman–Crippen MR) is 64.4 cm³/mol. The van der Waals surface area contributed by atoms with Gasteiger partial charge in [0.2, 0.25) is 0 Å². The Kier molecular flexibility index (Phi) is 3.49. The first-order valence-corrected chi connectivity index (χ1v) is 5.38. The number of benzene rings is 1. The van der Waals surface area contributed by atoms with E-state index in [9.17, 15) is 0 Å². The van der Waals surface area contributed by atoms with Gasteiger partial charge in [-0.15, -0.1) is 0 Å². The van der Waals surface area contributed by atoms with Gasteiger partial charge < -0.3 is 5.32 Å². The molecule has 1 atom stereocenters. The predicted octanol–water partition coefficient (Wildman–Crippen LogP) is 2.44. The Bertz CT molecular complexity index is 442. The van der Waals surface area contributed by atoms with Crippen LogP contribution in [0.4, 0.5) is 0 Å². The summed E-state index contributed by atoms with van der Waals surface area (Å²) in [6.07, 6.45) is 3.48. The SMILES string of the molecule is CNC(c1ccc(Cl)cc1)c1ncccn1. The van der Waals surface area contributed by atoms with E-state index in [1.807, 2.05) is 31.3 Å². The number of nitrogens with one attached hydrogen (secondary N) is 1. The fourth-order valence-corrected chi connectivity index (χ4v) is 1.69. The van der Waals surface area contributed by atoms with E-state index in [1.54, 1.807) is 18.5 Å². The molecule has 0 bridgehead atoms. The Labute approximate surface area is 99.5 Å². The van der Waals surface area contributed by atoms with Crippen LogP contribution in [0.3, 0.4) is 0 Å². The van der Waals surface area contributed by atoms with E-state index in [-0.39, 0.29) is 6.04 Å². The molecule has 0 saturated carbocycles. The van der Waals surface area contributed by atoms with Gasteiger partial charge in [0.1, 0.15) is 5.82 Å². The summed E-state index contributed by atoms with van der Waals surface area (Å²) >= 11 is 5.85. The van der Waals surface area contributed by atoms with Crippen molar-refractivity contribution < 1.29 is 0 Å². The van der Waals surface area contributed by atoms with Gasteiger partial charge in [-0.05, 0) is 30.8 Å². The first-order valence-electron chi connectivity index (χ1n) is 5.01. The third-order valence-electron chi connectivity index (χ3n) is 2.34. The standard InChI is InChI=1S/C12H12ClN3/c1-14-11(12-15-7-2-8-16-12)9-3-5-10(13)6-4-9/h2-8,11,14H,1H3. The second-order valence-corrected chi connectivity index (χ2v) is 3.82. The lowest BCUT2D eigenvalue weighted by molar-refractivity contribution is 0.646. The zero-order valence-corrected chi connectivity index (χ0v) is 9.65. The molecule has 1 unspecified atom stereocenters. The number of hydrogen-bond donors (Lipinski definition) is 1. The highest BCUT2D eigenvalue weighted by molar-refractivity contribution is 6.30. The highest BCUT2D eigenvalue weighted by Gasteiger charge is 2.13. The summed E-state index contributed by atoms with van der Waals surface area (Å²) in [5.41, 5.74) is 1.10. The number of nitrogens with zero attached hydrogens (tertiary/aromatic N) is 2. The lowest BCUT2D eigenvalue weighted by Crippen LogP contribution is -2.19. The Balaban J connectivity index is 2.33. The van der Waals surface area contributed by atoms with E-state index in [0.29, 0.717) is 0 Å². The van der Waals surface area contributed by atoms with Crippen LogP contribution >= 0.6 is 11.6 Å². The fraction of sp³-hybridized carbons (Fsp3) is 0.167. The van der Waals surface area contributed by atoms with Crippen LogP contribution in [-0.2, 0) is 0 Å². The molecular weight excluding hydrogens is 222 g/mol. The fourth-order valence-electron chi connectivity index (χ4n) is 1.56. The van der Waals surface area contributed by atoms with Gasteiger partial charge in [-0.1, -0.05) is 23.7 Å². The van der Waals surface area contributed by atoms with Crippen molar-refractivity contribution in [1.82, 2.24) is 15.3 Å². The highest BCUT2D eigenvalue weighted by Crippen LogP contribution is 2.19. The van der Waals surface area contributed by atoms with Crippen molar-refractivity contribution in [2.24, 2.45) is 0 Å². The van der Waals surface area contributed by atoms with Crippen molar-refractivity contribution in [3.05, 3.63) is 59.1 Å². The topological polar surface area (TPSA) is 37.8 Å². The summed E-state index contributed by atoms with van der Waals surface area (Å²) in [7, 11) is 1.88. The molecule has 0 saturated heterocycles. The van der Waals surface area contributed by atoms with Crippen LogP contribution < -0.4 is 5.32 Å². The van der Waals surface area contributed by atoms with E-state index in [2.05, 4.69) is 15.3 Å². The number of aromatic nitrogens is 2. The quantitative estimate of drug-likeness (QED) is 0.885. The first kappa shape index (κ1) is 11.0. The van der Waals surface area contributed by atoms with Gasteiger partial charge in [-0.2, -0.15) is 0 Å². The lowest BCUT2D eigenvalue weighted by Gasteiger charge is -2.14. The summed E-state index contributed by atoms with van der Waals surface area (Å²) in [5, 5.41) is 3.92. The van der Waals surface area contributed by atoms with Gasteiger partial charge in [-0.25, -0.2) is 9.97 Å². The Morgan fingerprint density at radius 3 is 2.31 bits per heavy atom. The van der Waals surface area contributed by atoms with Gasteiger partial charge in [0.25, 0.3) is 0 Å². The summed E-state index contributed by atoms with van der Waals surface area (Å²) in [6, 6.07) is 9.48. The maximum Gasteiger partial charge on any atom is 0.149 e. The molecule has 3 nitrogen and oxygen atoms in total. The average Bonchev–Trinajstić information content (AvgIpc) is 2.34. The molecule has 0 aliphatic heterocycles. The largest absolute Gasteiger partial charge is 0.307 e. The van der Waals surface area contributed by atoms with Crippen LogP contribution in [0.25, 0.3) is 0 Å². The first-order chi connectivity index (χ1) is 7.81. The van der Waals surface area contributed by atoms with Crippen molar-refractivity contribution >= 4 is 11.6 Å². The molecule has 1 N–H and O–H groups in total. The minimum atomic E-state index is -0.00142. The van der Waals surface area contributed by atoms with Crippen LogP contribution in [0.2, 0.25) is 5.02 Å². The van der Waals surface area contributed by atoms with Gasteiger partial charge in [0, 0.05) is 17.4 Å². The molecule has 82 valence electrons. The molecule has 2 aromatic rings. The van der Waals surface area contributed by atoms with Gasteiger partial charge in [0.15, 0.2) is 0 Å². The van der Waals surface area contributed by atoms with Crippen LogP contribution in [0.5, 0.6) is 0 Å². The molecule has 0 radical (unpaired) electrons. The molecule has 0 spiro atoms. The van der Waals surface area contributed by atoms with Gasteiger partial charge in [-0.3, -0.25) is 0 Å². The molecule has 1 heterocycles. The number of halogens is 1. The molecular formula is C12H12ClN3. The lowest BCUT2D eigenvalue weighted by atomic mass is 10.1. The Morgan fingerprint density at radius 1 is 1.12 bits per heavy atom. The van der Waals surface area contributed by atoms with Crippen molar-refractivity contribution in [2.75, 3.05) is 7.05 Å². The molecule has 0 aliphatic carbocycles. The average molecular weight is 234 g/mol. The molecule has 0 fully saturated rings. The molecule has 0 aliphatic rings. The van der Waals surface area contributed by atoms with Crippen LogP contribution in [-0.4, -0.2) is 17.0 Å². The molecule has 1 aromatic carbocycles. The molecule has 0 amide bonds.